The highest BCUT2D eigenvalue weighted by Crippen LogP contribution is 2.42. The lowest BCUT2D eigenvalue weighted by Gasteiger charge is -2.35. The molecule has 0 aliphatic carbocycles. The Bertz CT molecular complexity index is 1110. The summed E-state index contributed by atoms with van der Waals surface area (Å²) in [5.41, 5.74) is 5.40. The number of thioether (sulfide) groups is 1. The minimum Gasteiger partial charge on any atom is -0.352 e. The van der Waals surface area contributed by atoms with Crippen LogP contribution >= 0.6 is 11.8 Å². The van der Waals surface area contributed by atoms with E-state index in [1.165, 1.54) is 22.9 Å². The molecule has 32 heavy (non-hydrogen) atoms. The van der Waals surface area contributed by atoms with Crippen molar-refractivity contribution < 1.29 is 9.59 Å². The Morgan fingerprint density at radius 2 is 1.53 bits per heavy atom. The van der Waals surface area contributed by atoms with Crippen LogP contribution in [0.15, 0.2) is 77.7 Å². The number of benzene rings is 3. The summed E-state index contributed by atoms with van der Waals surface area (Å²) in [5.74, 6) is -0.579. The van der Waals surface area contributed by atoms with Gasteiger partial charge >= 0.3 is 0 Å². The minimum atomic E-state index is -0.464. The van der Waals surface area contributed by atoms with Crippen molar-refractivity contribution in [2.75, 3.05) is 4.90 Å². The largest absolute Gasteiger partial charge is 0.352 e. The third-order valence-electron chi connectivity index (χ3n) is 5.84. The van der Waals surface area contributed by atoms with Gasteiger partial charge in [-0.05, 0) is 37.1 Å². The van der Waals surface area contributed by atoms with Gasteiger partial charge in [-0.1, -0.05) is 78.7 Å². The maximum Gasteiger partial charge on any atom is 0.241 e. The Balaban J connectivity index is 1.51. The fraction of sp³-hybridized carbons (Fsp3) is 0.259. The van der Waals surface area contributed by atoms with Crippen LogP contribution in [0.3, 0.4) is 0 Å². The Kier molecular flexibility index (Phi) is 6.66. The summed E-state index contributed by atoms with van der Waals surface area (Å²) in [7, 11) is 0. The van der Waals surface area contributed by atoms with Gasteiger partial charge in [0.15, 0.2) is 0 Å². The van der Waals surface area contributed by atoms with Crippen LogP contribution in [0.2, 0.25) is 0 Å². The Morgan fingerprint density at radius 1 is 0.938 bits per heavy atom. The summed E-state index contributed by atoms with van der Waals surface area (Å²) >= 11 is 1.49. The molecule has 5 heteroatoms. The first-order valence-electron chi connectivity index (χ1n) is 10.9. The first-order valence-corrected chi connectivity index (χ1v) is 11.8. The number of nitrogens with zero attached hydrogens (tertiary/aromatic N) is 1. The van der Waals surface area contributed by atoms with Crippen LogP contribution < -0.4 is 10.2 Å². The normalized spacial score (nSPS) is 16.4. The molecule has 0 bridgehead atoms. The summed E-state index contributed by atoms with van der Waals surface area (Å²) in [6.07, 6.45) is 0. The zero-order valence-corrected chi connectivity index (χ0v) is 19.5. The van der Waals surface area contributed by atoms with Crippen molar-refractivity contribution >= 4 is 29.3 Å². The summed E-state index contributed by atoms with van der Waals surface area (Å²) in [4.78, 5) is 29.3. The topological polar surface area (TPSA) is 49.4 Å². The Morgan fingerprint density at radius 3 is 2.19 bits per heavy atom. The summed E-state index contributed by atoms with van der Waals surface area (Å²) < 4.78 is 0. The van der Waals surface area contributed by atoms with Crippen molar-refractivity contribution in [1.82, 2.24) is 5.32 Å². The van der Waals surface area contributed by atoms with Crippen molar-refractivity contribution in [1.29, 1.82) is 0 Å². The van der Waals surface area contributed by atoms with E-state index in [2.05, 4.69) is 36.5 Å². The molecule has 2 atom stereocenters. The predicted octanol–water partition coefficient (Wildman–Crippen LogP) is 5.26. The minimum absolute atomic E-state index is 0.0211. The quantitative estimate of drug-likeness (QED) is 0.564. The number of hydrogen-bond donors (Lipinski definition) is 1. The standard InChI is InChI=1S/C27H28N2O2S/c1-18-8-12-21(13-9-18)16-28-26(30)20(3)25-27(31)29(17-22-14-10-19(2)11-15-22)23-6-4-5-7-24(23)32-25/h4-15,20,25H,16-17H2,1-3H3,(H,28,30)/t20-,25-/m0/s1. The molecule has 3 aromatic carbocycles. The lowest BCUT2D eigenvalue weighted by Crippen LogP contribution is -2.47. The van der Waals surface area contributed by atoms with E-state index < -0.39 is 11.2 Å². The number of hydrogen-bond acceptors (Lipinski definition) is 3. The number of para-hydroxylation sites is 1. The number of carbonyl (C=O) groups is 2. The molecule has 0 saturated heterocycles. The van der Waals surface area contributed by atoms with Gasteiger partial charge in [-0.2, -0.15) is 0 Å². The number of aryl methyl sites for hydroxylation is 2. The maximum absolute atomic E-state index is 13.5. The molecule has 3 aromatic rings. The zero-order valence-electron chi connectivity index (χ0n) is 18.7. The van der Waals surface area contributed by atoms with Crippen molar-refractivity contribution in [3.63, 3.8) is 0 Å². The first kappa shape index (κ1) is 22.2. The lowest BCUT2D eigenvalue weighted by atomic mass is 10.0. The van der Waals surface area contributed by atoms with Crippen LogP contribution in [0.4, 0.5) is 5.69 Å². The molecule has 0 unspecified atom stereocenters. The molecule has 0 spiro atoms. The van der Waals surface area contributed by atoms with E-state index in [9.17, 15) is 9.59 Å². The predicted molar refractivity (Wildman–Crippen MR) is 131 cm³/mol. The molecule has 2 amide bonds. The lowest BCUT2D eigenvalue weighted by molar-refractivity contribution is -0.128. The second kappa shape index (κ2) is 9.61. The smallest absolute Gasteiger partial charge is 0.241 e. The molecule has 0 saturated carbocycles. The first-order chi connectivity index (χ1) is 15.4. The third kappa shape index (κ3) is 4.89. The van der Waals surface area contributed by atoms with Crippen molar-refractivity contribution in [2.45, 2.75) is 44.0 Å². The van der Waals surface area contributed by atoms with Gasteiger partial charge in [0.25, 0.3) is 0 Å². The molecular formula is C27H28N2O2S. The molecule has 0 aromatic heterocycles. The third-order valence-corrected chi connectivity index (χ3v) is 7.30. The average molecular weight is 445 g/mol. The van der Waals surface area contributed by atoms with Crippen LogP contribution in [-0.4, -0.2) is 17.1 Å². The van der Waals surface area contributed by atoms with Crippen molar-refractivity contribution in [2.24, 2.45) is 5.92 Å². The highest BCUT2D eigenvalue weighted by atomic mass is 32.2. The number of amides is 2. The fourth-order valence-electron chi connectivity index (χ4n) is 3.79. The van der Waals surface area contributed by atoms with Crippen LogP contribution in [0.1, 0.15) is 29.2 Å². The van der Waals surface area contributed by atoms with Gasteiger partial charge in [-0.3, -0.25) is 9.59 Å². The van der Waals surface area contributed by atoms with E-state index in [-0.39, 0.29) is 11.8 Å². The molecule has 0 fully saturated rings. The molecule has 4 nitrogen and oxygen atoms in total. The number of nitrogens with one attached hydrogen (secondary N) is 1. The number of rotatable bonds is 6. The number of carbonyl (C=O) groups excluding carboxylic acids is 2. The zero-order chi connectivity index (χ0) is 22.7. The molecule has 4 rings (SSSR count). The molecule has 1 N–H and O–H groups in total. The van der Waals surface area contributed by atoms with Gasteiger partial charge in [0.2, 0.25) is 11.8 Å². The fourth-order valence-corrected chi connectivity index (χ4v) is 5.07. The van der Waals surface area contributed by atoms with Gasteiger partial charge in [-0.25, -0.2) is 0 Å². The van der Waals surface area contributed by atoms with Gasteiger partial charge < -0.3 is 10.2 Å². The second-order valence-corrected chi connectivity index (χ2v) is 9.59. The molecule has 1 heterocycles. The molecule has 1 aliphatic rings. The van der Waals surface area contributed by atoms with E-state index in [1.54, 1.807) is 0 Å². The monoisotopic (exact) mass is 444 g/mol. The average Bonchev–Trinajstić information content (AvgIpc) is 2.81. The van der Waals surface area contributed by atoms with Crippen LogP contribution in [0.25, 0.3) is 0 Å². The van der Waals surface area contributed by atoms with E-state index >= 15 is 0 Å². The van der Waals surface area contributed by atoms with E-state index in [4.69, 9.17) is 0 Å². The van der Waals surface area contributed by atoms with E-state index in [1.807, 2.05) is 67.3 Å². The van der Waals surface area contributed by atoms with Crippen LogP contribution in [0, 0.1) is 19.8 Å². The molecule has 164 valence electrons. The number of fused-ring (bicyclic) bond motifs is 1. The summed E-state index contributed by atoms with van der Waals surface area (Å²) in [5, 5.41) is 2.54. The second-order valence-electron chi connectivity index (χ2n) is 8.41. The van der Waals surface area contributed by atoms with Gasteiger partial charge in [0.05, 0.1) is 18.2 Å². The highest BCUT2D eigenvalue weighted by molar-refractivity contribution is 8.01. The highest BCUT2D eigenvalue weighted by Gasteiger charge is 2.39. The van der Waals surface area contributed by atoms with Crippen LogP contribution in [-0.2, 0) is 22.7 Å². The molecule has 0 radical (unpaired) electrons. The van der Waals surface area contributed by atoms with Gasteiger partial charge in [0, 0.05) is 11.4 Å². The molecular weight excluding hydrogens is 416 g/mol. The summed E-state index contributed by atoms with van der Waals surface area (Å²) in [6, 6.07) is 24.3. The van der Waals surface area contributed by atoms with Gasteiger partial charge in [0.1, 0.15) is 5.25 Å². The van der Waals surface area contributed by atoms with Crippen LogP contribution in [0.5, 0.6) is 0 Å². The van der Waals surface area contributed by atoms with Gasteiger partial charge in [-0.15, -0.1) is 11.8 Å². The van der Waals surface area contributed by atoms with E-state index in [0.29, 0.717) is 13.1 Å². The summed E-state index contributed by atoms with van der Waals surface area (Å²) in [6.45, 7) is 6.88. The molecule has 1 aliphatic heterocycles. The Hall–Kier alpha value is -3.05. The van der Waals surface area contributed by atoms with Crippen molar-refractivity contribution in [3.05, 3.63) is 95.1 Å². The number of anilines is 1. The Labute approximate surface area is 194 Å². The van der Waals surface area contributed by atoms with Crippen molar-refractivity contribution in [3.8, 4) is 0 Å². The maximum atomic E-state index is 13.5. The van der Waals surface area contributed by atoms with E-state index in [0.717, 1.165) is 21.7 Å². The SMILES string of the molecule is Cc1ccc(CNC(=O)[C@@H](C)[C@@H]2Sc3ccccc3N(Cc3ccc(C)cc3)C2=O)cc1.